The third-order valence-corrected chi connectivity index (χ3v) is 3.57. The maximum Gasteiger partial charge on any atom is 0.333 e. The molecule has 0 saturated carbocycles. The molecule has 0 bridgehead atoms. The van der Waals surface area contributed by atoms with Crippen LogP contribution in [0.3, 0.4) is 0 Å². The third-order valence-electron chi connectivity index (χ3n) is 3.57. The molecule has 0 saturated heterocycles. The number of anilines is 1. The van der Waals surface area contributed by atoms with E-state index in [-0.39, 0.29) is 17.5 Å². The van der Waals surface area contributed by atoms with Gasteiger partial charge in [-0.15, -0.1) is 0 Å². The Morgan fingerprint density at radius 1 is 1.43 bits per heavy atom. The molecule has 124 valence electrons. The maximum absolute atomic E-state index is 11.4. The zero-order valence-electron chi connectivity index (χ0n) is 13.8. The number of hydrogen-bond donors (Lipinski definition) is 1. The van der Waals surface area contributed by atoms with Crippen LogP contribution in [0, 0.1) is 24.0 Å². The van der Waals surface area contributed by atoms with E-state index in [0.717, 1.165) is 17.0 Å². The number of nitrogens with one attached hydrogen (secondary N) is 1. The summed E-state index contributed by atoms with van der Waals surface area (Å²) in [5.74, 6) is 1.04. The van der Waals surface area contributed by atoms with Crippen molar-refractivity contribution in [1.82, 2.24) is 5.16 Å². The molecule has 0 fully saturated rings. The smallest absolute Gasteiger partial charge is 0.333 e. The quantitative estimate of drug-likeness (QED) is 0.619. The van der Waals surface area contributed by atoms with Crippen LogP contribution in [-0.2, 0) is 6.42 Å². The van der Waals surface area contributed by atoms with E-state index in [1.54, 1.807) is 25.1 Å². The molecule has 0 aliphatic carbocycles. The topological polar surface area (TPSA) is 90.4 Å². The zero-order valence-corrected chi connectivity index (χ0v) is 13.8. The van der Waals surface area contributed by atoms with Crippen molar-refractivity contribution < 1.29 is 14.2 Å². The average Bonchev–Trinajstić information content (AvgIpc) is 2.79. The Labute approximate surface area is 134 Å². The fourth-order valence-electron chi connectivity index (χ4n) is 2.52. The van der Waals surface area contributed by atoms with Crippen molar-refractivity contribution in [1.29, 1.82) is 0 Å². The molecule has 0 radical (unpaired) electrons. The molecule has 2 rings (SSSR count). The Bertz CT molecular complexity index is 677. The number of nitrogens with zero attached hydrogens (tertiary/aromatic N) is 2. The van der Waals surface area contributed by atoms with E-state index in [4.69, 9.17) is 9.26 Å². The van der Waals surface area contributed by atoms with Gasteiger partial charge in [-0.25, -0.2) is 0 Å². The first-order valence-corrected chi connectivity index (χ1v) is 7.52. The summed E-state index contributed by atoms with van der Waals surface area (Å²) >= 11 is 0. The highest BCUT2D eigenvalue weighted by Crippen LogP contribution is 2.35. The fraction of sp³-hybridized carbons (Fsp3) is 0.438. The molecular formula is C16H21N3O4. The summed E-state index contributed by atoms with van der Waals surface area (Å²) < 4.78 is 10.5. The summed E-state index contributed by atoms with van der Waals surface area (Å²) in [6, 6.07) is 5.00. The highest BCUT2D eigenvalue weighted by molar-refractivity contribution is 5.68. The minimum absolute atomic E-state index is 0.0256. The van der Waals surface area contributed by atoms with Crippen molar-refractivity contribution in [2.24, 2.45) is 0 Å². The van der Waals surface area contributed by atoms with Crippen molar-refractivity contribution in [3.05, 3.63) is 45.3 Å². The number of rotatable bonds is 7. The van der Waals surface area contributed by atoms with E-state index < -0.39 is 4.92 Å². The molecule has 7 nitrogen and oxygen atoms in total. The fourth-order valence-corrected chi connectivity index (χ4v) is 2.52. The van der Waals surface area contributed by atoms with Gasteiger partial charge in [-0.2, -0.15) is 0 Å². The molecule has 1 N–H and O–H groups in total. The first-order valence-electron chi connectivity index (χ1n) is 7.52. The number of aromatic nitrogens is 1. The summed E-state index contributed by atoms with van der Waals surface area (Å²) in [6.07, 6.45) is 0.664. The minimum atomic E-state index is -0.421. The molecular weight excluding hydrogens is 298 g/mol. The molecule has 0 aliphatic heterocycles. The molecule has 7 heteroatoms. The predicted molar refractivity (Wildman–Crippen MR) is 87.0 cm³/mol. The molecule has 23 heavy (non-hydrogen) atoms. The van der Waals surface area contributed by atoms with Crippen molar-refractivity contribution in [2.75, 3.05) is 11.9 Å². The number of nitro benzene ring substituents is 1. The first kappa shape index (κ1) is 16.8. The van der Waals surface area contributed by atoms with E-state index >= 15 is 0 Å². The Hall–Kier alpha value is -2.57. The van der Waals surface area contributed by atoms with E-state index in [1.165, 1.54) is 0 Å². The van der Waals surface area contributed by atoms with Gasteiger partial charge in [-0.1, -0.05) is 11.2 Å². The van der Waals surface area contributed by atoms with Gasteiger partial charge in [0.15, 0.2) is 5.75 Å². The molecule has 0 aliphatic rings. The van der Waals surface area contributed by atoms with Crippen molar-refractivity contribution in [3.63, 3.8) is 0 Å². The van der Waals surface area contributed by atoms with Crippen LogP contribution in [0.25, 0.3) is 0 Å². The average molecular weight is 319 g/mol. The highest BCUT2D eigenvalue weighted by atomic mass is 16.6. The van der Waals surface area contributed by atoms with Crippen LogP contribution < -0.4 is 10.1 Å². The van der Waals surface area contributed by atoms with Gasteiger partial charge in [-0.05, 0) is 46.2 Å². The van der Waals surface area contributed by atoms with Gasteiger partial charge in [-0.3, -0.25) is 10.1 Å². The number of benzene rings is 1. The highest BCUT2D eigenvalue weighted by Gasteiger charge is 2.22. The lowest BCUT2D eigenvalue weighted by molar-refractivity contribution is -0.385. The largest absolute Gasteiger partial charge is 0.487 e. The zero-order chi connectivity index (χ0) is 17.0. The summed E-state index contributed by atoms with van der Waals surface area (Å²) in [5.41, 5.74) is 2.27. The van der Waals surface area contributed by atoms with Gasteiger partial charge < -0.3 is 14.6 Å². The van der Waals surface area contributed by atoms with Crippen molar-refractivity contribution in [3.8, 4) is 5.75 Å². The van der Waals surface area contributed by atoms with Crippen LogP contribution in [0.15, 0.2) is 22.7 Å². The van der Waals surface area contributed by atoms with Gasteiger partial charge in [0.05, 0.1) is 17.2 Å². The van der Waals surface area contributed by atoms with Crippen molar-refractivity contribution >= 4 is 11.4 Å². The summed E-state index contributed by atoms with van der Waals surface area (Å²) in [6.45, 7) is 7.88. The Morgan fingerprint density at radius 3 is 2.74 bits per heavy atom. The molecule has 1 atom stereocenters. The number of nitro groups is 1. The second-order valence-electron chi connectivity index (χ2n) is 5.39. The molecule has 2 aromatic rings. The molecule has 1 unspecified atom stereocenters. The predicted octanol–water partition coefficient (Wildman–Crippen LogP) is 3.64. The maximum atomic E-state index is 11.4. The monoisotopic (exact) mass is 319 g/mol. The second-order valence-corrected chi connectivity index (χ2v) is 5.39. The lowest BCUT2D eigenvalue weighted by Crippen LogP contribution is -2.19. The molecule has 0 amide bonds. The van der Waals surface area contributed by atoms with Crippen molar-refractivity contribution in [2.45, 2.75) is 40.2 Å². The van der Waals surface area contributed by atoms with Crippen LogP contribution in [0.5, 0.6) is 5.75 Å². The van der Waals surface area contributed by atoms with Crippen LogP contribution >= 0.6 is 0 Å². The van der Waals surface area contributed by atoms with E-state index in [9.17, 15) is 10.1 Å². The Morgan fingerprint density at radius 2 is 2.17 bits per heavy atom. The minimum Gasteiger partial charge on any atom is -0.487 e. The van der Waals surface area contributed by atoms with Gasteiger partial charge in [0, 0.05) is 11.6 Å². The molecule has 1 aromatic carbocycles. The Kier molecular flexibility index (Phi) is 5.20. The number of aryl methyl sites for hydroxylation is 2. The number of ether oxygens (including phenoxy) is 1. The van der Waals surface area contributed by atoms with Crippen LogP contribution in [-0.4, -0.2) is 22.7 Å². The lowest BCUT2D eigenvalue weighted by Gasteiger charge is -2.16. The van der Waals surface area contributed by atoms with Gasteiger partial charge in [0.1, 0.15) is 11.4 Å². The second kappa shape index (κ2) is 7.13. The SMILES string of the molecule is CCOc1cccc(NC(C)Cc2c(C)noc2C)c1[N+](=O)[O-]. The summed E-state index contributed by atoms with van der Waals surface area (Å²) in [4.78, 5) is 11.0. The third kappa shape index (κ3) is 3.80. The van der Waals surface area contributed by atoms with Crippen LogP contribution in [0.2, 0.25) is 0 Å². The van der Waals surface area contributed by atoms with E-state index in [1.807, 2.05) is 20.8 Å². The van der Waals surface area contributed by atoms with E-state index in [2.05, 4.69) is 10.5 Å². The summed E-state index contributed by atoms with van der Waals surface area (Å²) in [5, 5.41) is 18.5. The van der Waals surface area contributed by atoms with Crippen LogP contribution in [0.4, 0.5) is 11.4 Å². The number of para-hydroxylation sites is 1. The Balaban J connectivity index is 2.22. The van der Waals surface area contributed by atoms with Gasteiger partial charge >= 0.3 is 5.69 Å². The standard InChI is InChI=1S/C16H21N3O4/c1-5-22-15-8-6-7-14(16(15)19(20)21)17-10(2)9-13-11(3)18-23-12(13)4/h6-8,10,17H,5,9H2,1-4H3. The lowest BCUT2D eigenvalue weighted by atomic mass is 10.1. The molecule has 0 spiro atoms. The first-order chi connectivity index (χ1) is 10.9. The van der Waals surface area contributed by atoms with Gasteiger partial charge in [0.2, 0.25) is 0 Å². The normalized spacial score (nSPS) is 12.0. The molecule has 1 aromatic heterocycles. The number of hydrogen-bond acceptors (Lipinski definition) is 6. The van der Waals surface area contributed by atoms with E-state index in [0.29, 0.717) is 18.7 Å². The summed E-state index contributed by atoms with van der Waals surface area (Å²) in [7, 11) is 0. The molecule has 1 heterocycles. The van der Waals surface area contributed by atoms with Crippen LogP contribution in [0.1, 0.15) is 30.9 Å². The van der Waals surface area contributed by atoms with Gasteiger partial charge in [0.25, 0.3) is 0 Å².